The van der Waals surface area contributed by atoms with Crippen molar-refractivity contribution in [2.24, 2.45) is 0 Å². The van der Waals surface area contributed by atoms with Crippen LogP contribution in [0.1, 0.15) is 24.8 Å². The van der Waals surface area contributed by atoms with Gasteiger partial charge in [0.2, 0.25) is 0 Å². The zero-order valence-electron chi connectivity index (χ0n) is 12.5. The van der Waals surface area contributed by atoms with Gasteiger partial charge in [-0.3, -0.25) is 9.88 Å². The van der Waals surface area contributed by atoms with E-state index in [1.807, 2.05) is 0 Å². The summed E-state index contributed by atoms with van der Waals surface area (Å²) < 4.78 is 44.6. The van der Waals surface area contributed by atoms with Crippen molar-refractivity contribution in [1.82, 2.24) is 9.88 Å². The van der Waals surface area contributed by atoms with E-state index in [0.29, 0.717) is 29.8 Å². The van der Waals surface area contributed by atoms with Crippen molar-refractivity contribution < 1.29 is 17.9 Å². The number of benzene rings is 1. The molecule has 0 N–H and O–H groups in total. The predicted octanol–water partition coefficient (Wildman–Crippen LogP) is 3.87. The van der Waals surface area contributed by atoms with Gasteiger partial charge in [0.1, 0.15) is 12.4 Å². The van der Waals surface area contributed by atoms with E-state index in [4.69, 9.17) is 4.74 Å². The van der Waals surface area contributed by atoms with Crippen LogP contribution in [0.5, 0.6) is 5.75 Å². The molecule has 1 aromatic heterocycles. The standard InChI is InChI=1S/C17H17F3N2O/c18-17(19,20)15-6-1-3-11-7-14(8-21-16(11)15)23-10-13-9-22(13)12-4-2-5-12/h1,3,6-8,12-13H,2,4-5,9-10H2. The number of nitrogens with zero attached hydrogens (tertiary/aromatic N) is 2. The average Bonchev–Trinajstić information content (AvgIpc) is 3.20. The van der Waals surface area contributed by atoms with Crippen molar-refractivity contribution in [3.05, 3.63) is 36.0 Å². The van der Waals surface area contributed by atoms with Crippen LogP contribution in [0.15, 0.2) is 30.5 Å². The number of alkyl halides is 3. The highest BCUT2D eigenvalue weighted by molar-refractivity contribution is 5.83. The van der Waals surface area contributed by atoms with Crippen LogP contribution in [0.4, 0.5) is 13.2 Å². The van der Waals surface area contributed by atoms with Crippen molar-refractivity contribution in [2.45, 2.75) is 37.5 Å². The number of para-hydroxylation sites is 1. The second kappa shape index (κ2) is 5.37. The van der Waals surface area contributed by atoms with Crippen molar-refractivity contribution in [2.75, 3.05) is 13.2 Å². The second-order valence-electron chi connectivity index (χ2n) is 6.29. The number of halogens is 3. The highest BCUT2D eigenvalue weighted by atomic mass is 19.4. The van der Waals surface area contributed by atoms with Gasteiger partial charge in [-0.05, 0) is 25.0 Å². The van der Waals surface area contributed by atoms with Gasteiger partial charge in [0.25, 0.3) is 0 Å². The summed E-state index contributed by atoms with van der Waals surface area (Å²) in [5, 5.41) is 0.448. The Morgan fingerprint density at radius 3 is 2.78 bits per heavy atom. The minimum Gasteiger partial charge on any atom is -0.490 e. The highest BCUT2D eigenvalue weighted by Crippen LogP contribution is 2.35. The monoisotopic (exact) mass is 322 g/mol. The summed E-state index contributed by atoms with van der Waals surface area (Å²) in [5.74, 6) is 0.525. The molecule has 1 saturated carbocycles. The molecule has 2 heterocycles. The minimum absolute atomic E-state index is 0.0325. The molecule has 1 aromatic carbocycles. The second-order valence-corrected chi connectivity index (χ2v) is 6.29. The highest BCUT2D eigenvalue weighted by Gasteiger charge is 2.42. The van der Waals surface area contributed by atoms with Gasteiger partial charge >= 0.3 is 6.18 Å². The number of rotatable bonds is 4. The van der Waals surface area contributed by atoms with Gasteiger partial charge in [0.15, 0.2) is 0 Å². The van der Waals surface area contributed by atoms with Gasteiger partial charge in [-0.15, -0.1) is 0 Å². The van der Waals surface area contributed by atoms with Gasteiger partial charge < -0.3 is 4.74 Å². The van der Waals surface area contributed by atoms with E-state index in [0.717, 1.165) is 12.6 Å². The first-order valence-electron chi connectivity index (χ1n) is 7.87. The van der Waals surface area contributed by atoms with Crippen LogP contribution in [0.3, 0.4) is 0 Å². The maximum absolute atomic E-state index is 13.0. The molecule has 1 aliphatic heterocycles. The first-order valence-corrected chi connectivity index (χ1v) is 7.87. The van der Waals surface area contributed by atoms with Crippen molar-refractivity contribution >= 4 is 10.9 Å². The lowest BCUT2D eigenvalue weighted by Gasteiger charge is -2.27. The summed E-state index contributed by atoms with van der Waals surface area (Å²) in [5.41, 5.74) is -0.741. The number of hydrogen-bond donors (Lipinski definition) is 0. The molecular formula is C17H17F3N2O. The van der Waals surface area contributed by atoms with E-state index in [2.05, 4.69) is 9.88 Å². The van der Waals surface area contributed by atoms with E-state index in [1.165, 1.54) is 31.5 Å². The summed E-state index contributed by atoms with van der Waals surface area (Å²) in [6, 6.07) is 6.87. The first-order chi connectivity index (χ1) is 11.0. The maximum Gasteiger partial charge on any atom is 0.418 e. The summed E-state index contributed by atoms with van der Waals surface area (Å²) in [6.07, 6.45) is 0.840. The summed E-state index contributed by atoms with van der Waals surface area (Å²) in [7, 11) is 0. The molecule has 2 fully saturated rings. The summed E-state index contributed by atoms with van der Waals surface area (Å²) in [6.45, 7) is 1.63. The molecule has 0 spiro atoms. The molecule has 6 heteroatoms. The van der Waals surface area contributed by atoms with Crippen LogP contribution < -0.4 is 4.74 Å². The molecule has 0 bridgehead atoms. The molecule has 4 rings (SSSR count). The number of ether oxygens (including phenoxy) is 1. The normalized spacial score (nSPS) is 24.5. The zero-order chi connectivity index (χ0) is 16.0. The lowest BCUT2D eigenvalue weighted by Crippen LogP contribution is -2.29. The Hall–Kier alpha value is -1.82. The fourth-order valence-corrected chi connectivity index (χ4v) is 3.15. The largest absolute Gasteiger partial charge is 0.490 e. The van der Waals surface area contributed by atoms with E-state index in [1.54, 1.807) is 12.1 Å². The quantitative estimate of drug-likeness (QED) is 0.799. The Balaban J connectivity index is 1.47. The topological polar surface area (TPSA) is 25.1 Å². The number of fused-ring (bicyclic) bond motifs is 1. The van der Waals surface area contributed by atoms with Crippen LogP contribution in [-0.4, -0.2) is 35.1 Å². The molecule has 1 saturated heterocycles. The molecule has 23 heavy (non-hydrogen) atoms. The molecule has 2 unspecified atom stereocenters. The predicted molar refractivity (Wildman–Crippen MR) is 80.4 cm³/mol. The third-order valence-electron chi connectivity index (χ3n) is 4.73. The molecule has 3 nitrogen and oxygen atoms in total. The van der Waals surface area contributed by atoms with Crippen molar-refractivity contribution in [3.63, 3.8) is 0 Å². The third-order valence-corrected chi connectivity index (χ3v) is 4.73. The van der Waals surface area contributed by atoms with Crippen LogP contribution in [0.25, 0.3) is 10.9 Å². The first kappa shape index (κ1) is 14.8. The Kier molecular flexibility index (Phi) is 3.44. The van der Waals surface area contributed by atoms with Gasteiger partial charge in [0.05, 0.1) is 23.3 Å². The molecule has 0 amide bonds. The molecular weight excluding hydrogens is 305 g/mol. The molecule has 2 atom stereocenters. The Morgan fingerprint density at radius 2 is 2.09 bits per heavy atom. The SMILES string of the molecule is FC(F)(F)c1cccc2cc(OCC3CN3C3CCC3)cnc12. The third kappa shape index (κ3) is 2.87. The fraction of sp³-hybridized carbons (Fsp3) is 0.471. The summed E-state index contributed by atoms with van der Waals surface area (Å²) >= 11 is 0. The van der Waals surface area contributed by atoms with E-state index in [9.17, 15) is 13.2 Å². The van der Waals surface area contributed by atoms with Crippen LogP contribution >= 0.6 is 0 Å². The van der Waals surface area contributed by atoms with Crippen LogP contribution in [-0.2, 0) is 6.18 Å². The zero-order valence-corrected chi connectivity index (χ0v) is 12.5. The van der Waals surface area contributed by atoms with Gasteiger partial charge in [-0.25, -0.2) is 0 Å². The summed E-state index contributed by atoms with van der Waals surface area (Å²) in [4.78, 5) is 6.40. The number of aromatic nitrogens is 1. The lowest BCUT2D eigenvalue weighted by molar-refractivity contribution is -0.136. The minimum atomic E-state index is -4.40. The molecule has 2 aromatic rings. The smallest absolute Gasteiger partial charge is 0.418 e. The number of pyridine rings is 1. The Morgan fingerprint density at radius 1 is 1.26 bits per heavy atom. The Bertz CT molecular complexity index is 727. The maximum atomic E-state index is 13.0. The average molecular weight is 322 g/mol. The number of hydrogen-bond acceptors (Lipinski definition) is 3. The van der Waals surface area contributed by atoms with E-state index >= 15 is 0 Å². The van der Waals surface area contributed by atoms with Crippen LogP contribution in [0, 0.1) is 0 Å². The van der Waals surface area contributed by atoms with Crippen LogP contribution in [0.2, 0.25) is 0 Å². The van der Waals surface area contributed by atoms with Gasteiger partial charge in [0, 0.05) is 18.0 Å². The van der Waals surface area contributed by atoms with E-state index < -0.39 is 11.7 Å². The van der Waals surface area contributed by atoms with Crippen molar-refractivity contribution in [3.8, 4) is 5.75 Å². The Labute approximate surface area is 132 Å². The van der Waals surface area contributed by atoms with Gasteiger partial charge in [-0.2, -0.15) is 13.2 Å². The molecule has 1 aliphatic carbocycles. The van der Waals surface area contributed by atoms with E-state index in [-0.39, 0.29) is 5.52 Å². The molecule has 0 radical (unpaired) electrons. The molecule has 122 valence electrons. The van der Waals surface area contributed by atoms with Crippen molar-refractivity contribution in [1.29, 1.82) is 0 Å². The molecule has 2 aliphatic rings. The van der Waals surface area contributed by atoms with Gasteiger partial charge in [-0.1, -0.05) is 18.6 Å². The fourth-order valence-electron chi connectivity index (χ4n) is 3.15. The lowest BCUT2D eigenvalue weighted by atomic mass is 9.93.